The summed E-state index contributed by atoms with van der Waals surface area (Å²) in [6.07, 6.45) is 4.71. The molecular formula is C19H20N6O. The molecule has 1 saturated heterocycles. The highest BCUT2D eigenvalue weighted by atomic mass is 16.5. The Morgan fingerprint density at radius 3 is 3.08 bits per heavy atom. The Hall–Kier alpha value is -2.98. The van der Waals surface area contributed by atoms with Crippen LogP contribution >= 0.6 is 0 Å². The molecule has 1 N–H and O–H groups in total. The molecule has 7 nitrogen and oxygen atoms in total. The second kappa shape index (κ2) is 7.10. The molecule has 0 aliphatic carbocycles. The Bertz CT molecular complexity index is 960. The highest BCUT2D eigenvalue weighted by molar-refractivity contribution is 5.92. The Kier molecular flexibility index (Phi) is 4.50. The topological polar surface area (TPSA) is 88.6 Å². The highest BCUT2D eigenvalue weighted by Gasteiger charge is 2.32. The second-order valence-corrected chi connectivity index (χ2v) is 6.35. The van der Waals surface area contributed by atoms with E-state index in [1.165, 1.54) is 0 Å². The minimum atomic E-state index is -0.0379. The molecule has 132 valence electrons. The molecule has 0 unspecified atom stereocenters. The molecule has 1 aliphatic rings. The normalized spacial score (nSPS) is 19.5. The van der Waals surface area contributed by atoms with Crippen LogP contribution in [-0.4, -0.2) is 32.9 Å². The van der Waals surface area contributed by atoms with Crippen LogP contribution in [0.3, 0.4) is 0 Å². The molecule has 4 rings (SSSR count). The number of aromatic nitrogens is 4. The number of hydrogen-bond donors (Lipinski definition) is 1. The maximum absolute atomic E-state index is 9.41. The first-order valence-corrected chi connectivity index (χ1v) is 8.83. The maximum atomic E-state index is 9.41. The lowest BCUT2D eigenvalue weighted by molar-refractivity contribution is 0.0832. The van der Waals surface area contributed by atoms with Gasteiger partial charge in [-0.25, -0.2) is 4.98 Å². The van der Waals surface area contributed by atoms with E-state index in [0.29, 0.717) is 18.8 Å². The summed E-state index contributed by atoms with van der Waals surface area (Å²) in [5.74, 6) is 1.25. The van der Waals surface area contributed by atoms with Gasteiger partial charge in [-0.05, 0) is 19.4 Å². The van der Waals surface area contributed by atoms with Gasteiger partial charge in [0.15, 0.2) is 5.69 Å². The van der Waals surface area contributed by atoms with Crippen molar-refractivity contribution in [1.82, 2.24) is 19.7 Å². The van der Waals surface area contributed by atoms with E-state index in [0.717, 1.165) is 35.4 Å². The summed E-state index contributed by atoms with van der Waals surface area (Å²) in [4.78, 5) is 4.49. The van der Waals surface area contributed by atoms with Gasteiger partial charge in [-0.1, -0.05) is 18.2 Å². The third-order valence-corrected chi connectivity index (χ3v) is 4.87. The summed E-state index contributed by atoms with van der Waals surface area (Å²) in [6.45, 7) is 4.37. The highest BCUT2D eigenvalue weighted by Crippen LogP contribution is 2.34. The third-order valence-electron chi connectivity index (χ3n) is 4.87. The van der Waals surface area contributed by atoms with Crippen molar-refractivity contribution in [3.8, 4) is 6.07 Å². The van der Waals surface area contributed by atoms with Gasteiger partial charge in [0.05, 0.1) is 11.2 Å². The summed E-state index contributed by atoms with van der Waals surface area (Å²) in [7, 11) is 0. The standard InChI is InChI=1S/C19H20N6O/c1-2-25-9-8-21-19(25)18-13(7-10-26-18)12-22-17-14-5-3-4-6-15(14)23-24-16(17)11-20/h3-6,8-9,13,18H,2,7,10,12H2,1H3,(H,22,23)/t13-,18+/m0/s1. The molecule has 1 aromatic carbocycles. The molecule has 3 aromatic rings. The fourth-order valence-corrected chi connectivity index (χ4v) is 3.52. The minimum absolute atomic E-state index is 0.0379. The average Bonchev–Trinajstić information content (AvgIpc) is 3.34. The number of imidazole rings is 1. The number of anilines is 1. The van der Waals surface area contributed by atoms with Crippen molar-refractivity contribution in [3.05, 3.63) is 48.2 Å². The van der Waals surface area contributed by atoms with Gasteiger partial charge in [-0.15, -0.1) is 10.2 Å². The van der Waals surface area contributed by atoms with Crippen LogP contribution in [0.25, 0.3) is 10.9 Å². The lowest BCUT2D eigenvalue weighted by atomic mass is 10.0. The van der Waals surface area contributed by atoms with Gasteiger partial charge in [-0.3, -0.25) is 0 Å². The van der Waals surface area contributed by atoms with Gasteiger partial charge in [-0.2, -0.15) is 5.26 Å². The zero-order valence-electron chi connectivity index (χ0n) is 14.6. The van der Waals surface area contributed by atoms with E-state index in [2.05, 4.69) is 38.1 Å². The number of rotatable bonds is 5. The molecule has 0 spiro atoms. The van der Waals surface area contributed by atoms with Gasteiger partial charge >= 0.3 is 0 Å². The number of benzene rings is 1. The lowest BCUT2D eigenvalue weighted by Crippen LogP contribution is -2.21. The number of ether oxygens (including phenoxy) is 1. The van der Waals surface area contributed by atoms with E-state index in [4.69, 9.17) is 4.74 Å². The molecule has 0 bridgehead atoms. The van der Waals surface area contributed by atoms with Gasteiger partial charge < -0.3 is 14.6 Å². The molecule has 1 fully saturated rings. The molecule has 1 aliphatic heterocycles. The van der Waals surface area contributed by atoms with Crippen LogP contribution in [0.15, 0.2) is 36.7 Å². The smallest absolute Gasteiger partial charge is 0.186 e. The number of hydrogen-bond acceptors (Lipinski definition) is 6. The van der Waals surface area contributed by atoms with E-state index in [-0.39, 0.29) is 12.0 Å². The fraction of sp³-hybridized carbons (Fsp3) is 0.368. The lowest BCUT2D eigenvalue weighted by Gasteiger charge is -2.20. The van der Waals surface area contributed by atoms with Crippen LogP contribution in [0.2, 0.25) is 0 Å². The molecule has 7 heteroatoms. The van der Waals surface area contributed by atoms with Crippen LogP contribution in [0, 0.1) is 17.2 Å². The van der Waals surface area contributed by atoms with E-state index in [1.54, 1.807) is 0 Å². The van der Waals surface area contributed by atoms with Crippen LogP contribution in [0.1, 0.15) is 31.0 Å². The predicted octanol–water partition coefficient (Wildman–Crippen LogP) is 2.91. The van der Waals surface area contributed by atoms with Crippen molar-refractivity contribution in [2.24, 2.45) is 5.92 Å². The second-order valence-electron chi connectivity index (χ2n) is 6.35. The molecular weight excluding hydrogens is 328 g/mol. The Morgan fingerprint density at radius 2 is 2.23 bits per heavy atom. The van der Waals surface area contributed by atoms with Crippen LogP contribution < -0.4 is 5.32 Å². The fourth-order valence-electron chi connectivity index (χ4n) is 3.52. The van der Waals surface area contributed by atoms with E-state index in [9.17, 15) is 5.26 Å². The number of nitrogens with zero attached hydrogens (tertiary/aromatic N) is 5. The summed E-state index contributed by atoms with van der Waals surface area (Å²) in [5.41, 5.74) is 1.83. The Labute approximate surface area is 151 Å². The largest absolute Gasteiger partial charge is 0.382 e. The van der Waals surface area contributed by atoms with Crippen molar-refractivity contribution in [1.29, 1.82) is 5.26 Å². The van der Waals surface area contributed by atoms with Gasteiger partial charge in [0.25, 0.3) is 0 Å². The van der Waals surface area contributed by atoms with E-state index in [1.807, 2.05) is 36.7 Å². The van der Waals surface area contributed by atoms with Crippen LogP contribution in [-0.2, 0) is 11.3 Å². The summed E-state index contributed by atoms with van der Waals surface area (Å²) < 4.78 is 8.09. The monoisotopic (exact) mass is 348 g/mol. The van der Waals surface area contributed by atoms with E-state index >= 15 is 0 Å². The summed E-state index contributed by atoms with van der Waals surface area (Å²) in [5, 5.41) is 21.9. The molecule has 0 saturated carbocycles. The third kappa shape index (κ3) is 2.89. The molecule has 0 radical (unpaired) electrons. The summed E-state index contributed by atoms with van der Waals surface area (Å²) >= 11 is 0. The van der Waals surface area contributed by atoms with Crippen LogP contribution in [0.5, 0.6) is 0 Å². The zero-order chi connectivity index (χ0) is 17.9. The number of nitriles is 1. The Balaban J connectivity index is 1.59. The number of aryl methyl sites for hydroxylation is 1. The summed E-state index contributed by atoms with van der Waals surface area (Å²) in [6, 6.07) is 9.85. The van der Waals surface area contributed by atoms with Crippen molar-refractivity contribution in [2.45, 2.75) is 26.0 Å². The van der Waals surface area contributed by atoms with E-state index < -0.39 is 0 Å². The van der Waals surface area contributed by atoms with Gasteiger partial charge in [0.2, 0.25) is 0 Å². The number of fused-ring (bicyclic) bond motifs is 1. The minimum Gasteiger partial charge on any atom is -0.382 e. The van der Waals surface area contributed by atoms with Crippen molar-refractivity contribution < 1.29 is 4.74 Å². The first kappa shape index (κ1) is 16.5. The molecule has 2 aromatic heterocycles. The van der Waals surface area contributed by atoms with Crippen LogP contribution in [0.4, 0.5) is 5.69 Å². The maximum Gasteiger partial charge on any atom is 0.186 e. The SMILES string of the molecule is CCn1ccnc1[C@@H]1OCC[C@H]1CNc1c(C#N)nnc2ccccc12. The molecule has 3 heterocycles. The van der Waals surface area contributed by atoms with Crippen molar-refractivity contribution in [2.75, 3.05) is 18.5 Å². The molecule has 0 amide bonds. The molecule has 2 atom stereocenters. The van der Waals surface area contributed by atoms with Gasteiger partial charge in [0, 0.05) is 43.4 Å². The van der Waals surface area contributed by atoms with Gasteiger partial charge in [0.1, 0.15) is 18.0 Å². The zero-order valence-corrected chi connectivity index (χ0v) is 14.6. The first-order valence-electron chi connectivity index (χ1n) is 8.83. The average molecular weight is 348 g/mol. The molecule has 26 heavy (non-hydrogen) atoms. The predicted molar refractivity (Wildman–Crippen MR) is 97.4 cm³/mol. The van der Waals surface area contributed by atoms with Crippen molar-refractivity contribution in [3.63, 3.8) is 0 Å². The first-order chi connectivity index (χ1) is 12.8. The van der Waals surface area contributed by atoms with Crippen molar-refractivity contribution >= 4 is 16.6 Å². The number of nitrogens with one attached hydrogen (secondary N) is 1. The quantitative estimate of drug-likeness (QED) is 0.763. The Morgan fingerprint density at radius 1 is 1.35 bits per heavy atom.